The van der Waals surface area contributed by atoms with Crippen molar-refractivity contribution in [3.05, 3.63) is 23.2 Å². The van der Waals surface area contributed by atoms with E-state index in [1.165, 1.54) is 4.90 Å². The number of benzene rings is 1. The van der Waals surface area contributed by atoms with Crippen molar-refractivity contribution in [3.8, 4) is 0 Å². The molecule has 0 saturated heterocycles. The predicted molar refractivity (Wildman–Crippen MR) is 59.9 cm³/mol. The first-order valence-electron chi connectivity index (χ1n) is 4.49. The summed E-state index contributed by atoms with van der Waals surface area (Å²) in [6.07, 6.45) is 1.15. The molecule has 2 rings (SSSR count). The third-order valence-electron chi connectivity index (χ3n) is 2.26. The van der Waals surface area contributed by atoms with Gasteiger partial charge >= 0.3 is 0 Å². The highest BCUT2D eigenvalue weighted by Gasteiger charge is 2.18. The normalized spacial score (nSPS) is 20.6. The van der Waals surface area contributed by atoms with Gasteiger partial charge in [-0.25, -0.2) is 0 Å². The molecule has 0 bridgehead atoms. The van der Waals surface area contributed by atoms with E-state index in [2.05, 4.69) is 18.3 Å². The highest BCUT2D eigenvalue weighted by atomic mass is 35.5. The Bertz CT molecular complexity index is 314. The van der Waals surface area contributed by atoms with E-state index in [1.807, 2.05) is 23.9 Å². The Morgan fingerprint density at radius 3 is 3.23 bits per heavy atom. The Labute approximate surface area is 87.9 Å². The van der Waals surface area contributed by atoms with Crippen LogP contribution >= 0.6 is 23.4 Å². The molecule has 1 aromatic rings. The highest BCUT2D eigenvalue weighted by Crippen LogP contribution is 2.38. The fraction of sp³-hybridized carbons (Fsp3) is 0.400. The molecule has 0 amide bonds. The molecule has 1 aromatic carbocycles. The van der Waals surface area contributed by atoms with Gasteiger partial charge in [-0.15, -0.1) is 11.8 Å². The van der Waals surface area contributed by atoms with Gasteiger partial charge in [-0.3, -0.25) is 0 Å². The first-order valence-corrected chi connectivity index (χ1v) is 5.85. The topological polar surface area (TPSA) is 12.0 Å². The van der Waals surface area contributed by atoms with Crippen LogP contribution < -0.4 is 5.32 Å². The van der Waals surface area contributed by atoms with Crippen LogP contribution in [0.3, 0.4) is 0 Å². The van der Waals surface area contributed by atoms with E-state index in [9.17, 15) is 0 Å². The van der Waals surface area contributed by atoms with Crippen LogP contribution in [-0.2, 0) is 0 Å². The quantitative estimate of drug-likeness (QED) is 0.765. The fourth-order valence-electron chi connectivity index (χ4n) is 1.42. The third-order valence-corrected chi connectivity index (χ3v) is 3.79. The van der Waals surface area contributed by atoms with E-state index < -0.39 is 0 Å². The van der Waals surface area contributed by atoms with Gasteiger partial charge in [-0.05, 0) is 18.6 Å². The van der Waals surface area contributed by atoms with E-state index in [0.717, 1.165) is 22.9 Å². The molecule has 0 spiro atoms. The Balaban J connectivity index is 2.32. The van der Waals surface area contributed by atoms with Crippen molar-refractivity contribution < 1.29 is 0 Å². The SMILES string of the molecule is CCC1CSc2cccc(Cl)c2N1. The number of hydrogen-bond acceptors (Lipinski definition) is 2. The van der Waals surface area contributed by atoms with Gasteiger partial charge in [0.15, 0.2) is 0 Å². The van der Waals surface area contributed by atoms with Crippen molar-refractivity contribution in [2.24, 2.45) is 0 Å². The minimum absolute atomic E-state index is 0.567. The lowest BCUT2D eigenvalue weighted by molar-refractivity contribution is 0.764. The number of thioether (sulfide) groups is 1. The molecule has 1 heterocycles. The zero-order valence-corrected chi connectivity index (χ0v) is 9.08. The summed E-state index contributed by atoms with van der Waals surface area (Å²) in [5.74, 6) is 1.14. The number of fused-ring (bicyclic) bond motifs is 1. The molecular formula is C10H12ClNS. The summed E-state index contributed by atoms with van der Waals surface area (Å²) in [5, 5.41) is 4.30. The van der Waals surface area contributed by atoms with Gasteiger partial charge in [0.25, 0.3) is 0 Å². The van der Waals surface area contributed by atoms with Crippen LogP contribution in [0.4, 0.5) is 5.69 Å². The summed E-state index contributed by atoms with van der Waals surface area (Å²) in [4.78, 5) is 1.28. The van der Waals surface area contributed by atoms with Crippen LogP contribution in [0.15, 0.2) is 23.1 Å². The predicted octanol–water partition coefficient (Wildman–Crippen LogP) is 3.64. The summed E-state index contributed by atoms with van der Waals surface area (Å²) in [5.41, 5.74) is 1.12. The number of nitrogens with one attached hydrogen (secondary N) is 1. The maximum absolute atomic E-state index is 6.09. The van der Waals surface area contributed by atoms with Crippen molar-refractivity contribution in [1.82, 2.24) is 0 Å². The fourth-order valence-corrected chi connectivity index (χ4v) is 2.89. The molecule has 1 atom stereocenters. The lowest BCUT2D eigenvalue weighted by Gasteiger charge is -2.26. The number of para-hydroxylation sites is 1. The summed E-state index contributed by atoms with van der Waals surface area (Å²) in [6.45, 7) is 2.19. The molecule has 13 heavy (non-hydrogen) atoms. The molecular weight excluding hydrogens is 202 g/mol. The van der Waals surface area contributed by atoms with Gasteiger partial charge in [0.05, 0.1) is 10.7 Å². The van der Waals surface area contributed by atoms with Gasteiger partial charge in [-0.2, -0.15) is 0 Å². The van der Waals surface area contributed by atoms with E-state index >= 15 is 0 Å². The third kappa shape index (κ3) is 1.79. The number of halogens is 1. The van der Waals surface area contributed by atoms with Gasteiger partial charge in [0, 0.05) is 16.7 Å². The van der Waals surface area contributed by atoms with Crippen molar-refractivity contribution >= 4 is 29.1 Å². The minimum Gasteiger partial charge on any atom is -0.379 e. The van der Waals surface area contributed by atoms with Crippen molar-refractivity contribution in [1.29, 1.82) is 0 Å². The molecule has 0 aromatic heterocycles. The molecule has 1 aliphatic heterocycles. The second-order valence-corrected chi connectivity index (χ2v) is 4.64. The number of anilines is 1. The maximum Gasteiger partial charge on any atom is 0.0670 e. The lowest BCUT2D eigenvalue weighted by atomic mass is 10.2. The Hall–Kier alpha value is -0.340. The first kappa shape index (κ1) is 9.22. The Morgan fingerprint density at radius 2 is 2.46 bits per heavy atom. The van der Waals surface area contributed by atoms with Crippen molar-refractivity contribution in [2.45, 2.75) is 24.3 Å². The van der Waals surface area contributed by atoms with Gasteiger partial charge < -0.3 is 5.32 Å². The van der Waals surface area contributed by atoms with Gasteiger partial charge in [0.2, 0.25) is 0 Å². The van der Waals surface area contributed by atoms with E-state index in [1.54, 1.807) is 0 Å². The molecule has 3 heteroatoms. The summed E-state index contributed by atoms with van der Waals surface area (Å²) in [6, 6.07) is 6.62. The van der Waals surface area contributed by atoms with E-state index in [4.69, 9.17) is 11.6 Å². The van der Waals surface area contributed by atoms with E-state index in [-0.39, 0.29) is 0 Å². The number of hydrogen-bond donors (Lipinski definition) is 1. The average Bonchev–Trinajstić information content (AvgIpc) is 2.18. The molecule has 1 unspecified atom stereocenters. The largest absolute Gasteiger partial charge is 0.379 e. The second kappa shape index (κ2) is 3.81. The van der Waals surface area contributed by atoms with Crippen LogP contribution in [0.25, 0.3) is 0 Å². The molecule has 0 aliphatic carbocycles. The molecule has 1 nitrogen and oxygen atoms in total. The van der Waals surface area contributed by atoms with E-state index in [0.29, 0.717) is 6.04 Å². The van der Waals surface area contributed by atoms with Crippen LogP contribution in [-0.4, -0.2) is 11.8 Å². The van der Waals surface area contributed by atoms with Crippen LogP contribution in [0, 0.1) is 0 Å². The van der Waals surface area contributed by atoms with Gasteiger partial charge in [0.1, 0.15) is 0 Å². The van der Waals surface area contributed by atoms with Crippen LogP contribution in [0.1, 0.15) is 13.3 Å². The van der Waals surface area contributed by atoms with Crippen LogP contribution in [0.5, 0.6) is 0 Å². The first-order chi connectivity index (χ1) is 6.31. The molecule has 0 radical (unpaired) electrons. The standard InChI is InChI=1S/C10H12ClNS/c1-2-7-6-13-9-5-3-4-8(11)10(9)12-7/h3-5,7,12H,2,6H2,1H3. The summed E-state index contributed by atoms with van der Waals surface area (Å²) < 4.78 is 0. The zero-order valence-electron chi connectivity index (χ0n) is 7.51. The molecule has 1 aliphatic rings. The monoisotopic (exact) mass is 213 g/mol. The van der Waals surface area contributed by atoms with Crippen LogP contribution in [0.2, 0.25) is 5.02 Å². The molecule has 0 fully saturated rings. The maximum atomic E-state index is 6.09. The Kier molecular flexibility index (Phi) is 2.70. The molecule has 1 N–H and O–H groups in total. The number of rotatable bonds is 1. The Morgan fingerprint density at radius 1 is 1.62 bits per heavy atom. The lowest BCUT2D eigenvalue weighted by Crippen LogP contribution is -2.24. The second-order valence-electron chi connectivity index (χ2n) is 3.17. The van der Waals surface area contributed by atoms with Crippen molar-refractivity contribution in [2.75, 3.05) is 11.1 Å². The highest BCUT2D eigenvalue weighted by molar-refractivity contribution is 7.99. The average molecular weight is 214 g/mol. The van der Waals surface area contributed by atoms with Gasteiger partial charge in [-0.1, -0.05) is 24.6 Å². The summed E-state index contributed by atoms with van der Waals surface area (Å²) >= 11 is 7.98. The summed E-state index contributed by atoms with van der Waals surface area (Å²) in [7, 11) is 0. The minimum atomic E-state index is 0.567. The molecule has 70 valence electrons. The zero-order chi connectivity index (χ0) is 9.26. The van der Waals surface area contributed by atoms with Crippen molar-refractivity contribution in [3.63, 3.8) is 0 Å². The smallest absolute Gasteiger partial charge is 0.0670 e. The molecule has 0 saturated carbocycles.